The van der Waals surface area contributed by atoms with E-state index in [0.717, 1.165) is 12.1 Å². The second-order valence-electron chi connectivity index (χ2n) is 10.7. The molecule has 4 amide bonds. The van der Waals surface area contributed by atoms with Crippen molar-refractivity contribution in [3.05, 3.63) is 55.6 Å². The molecule has 0 spiro atoms. The second-order valence-corrected chi connectivity index (χ2v) is 10.7. The topological polar surface area (TPSA) is 233 Å². The summed E-state index contributed by atoms with van der Waals surface area (Å²) in [6.07, 6.45) is -2.80. The lowest BCUT2D eigenvalue weighted by atomic mass is 9.85. The molecule has 4 rings (SSSR count). The number of hydroxylamine groups is 4. The van der Waals surface area contributed by atoms with Crippen LogP contribution in [0.2, 0.25) is 0 Å². The quantitative estimate of drug-likeness (QED) is 0.179. The number of amides is 4. The summed E-state index contributed by atoms with van der Waals surface area (Å²) in [4.78, 5) is 96.3. The number of carbonyl (C=O) groups excluding carboxylic acids is 5. The number of nitro groups is 2. The molecule has 0 N–H and O–H groups in total. The van der Waals surface area contributed by atoms with E-state index in [0.29, 0.717) is 0 Å². The Labute approximate surface area is 271 Å². The predicted molar refractivity (Wildman–Crippen MR) is 157 cm³/mol. The van der Waals surface area contributed by atoms with Crippen LogP contribution in [-0.2, 0) is 28.9 Å². The first-order valence-corrected chi connectivity index (χ1v) is 14.1. The summed E-state index contributed by atoms with van der Waals surface area (Å²) < 4.78 is 20.7. The van der Waals surface area contributed by atoms with Gasteiger partial charge in [0.05, 0.1) is 62.3 Å². The normalized spacial score (nSPS) is 18.8. The molecule has 2 fully saturated rings. The summed E-state index contributed by atoms with van der Waals surface area (Å²) in [5.74, 6) is -8.06. The first kappa shape index (κ1) is 34.9. The zero-order valence-corrected chi connectivity index (χ0v) is 26.4. The smallest absolute Gasteiger partial charge is 0.493 e. The van der Waals surface area contributed by atoms with Gasteiger partial charge in [-0.15, -0.1) is 0 Å². The highest BCUT2D eigenvalue weighted by molar-refractivity contribution is 6.05. The Balaban J connectivity index is 1.49. The highest BCUT2D eigenvalue weighted by Crippen LogP contribution is 2.44. The van der Waals surface area contributed by atoms with Crippen molar-refractivity contribution in [1.29, 1.82) is 0 Å². The van der Waals surface area contributed by atoms with Crippen LogP contribution in [0, 0.1) is 32.1 Å². The highest BCUT2D eigenvalue weighted by Gasteiger charge is 2.49. The Bertz CT molecular complexity index is 1590. The third-order valence-corrected chi connectivity index (χ3v) is 8.26. The Hall–Kier alpha value is -6.01. The molecule has 2 aliphatic heterocycles. The van der Waals surface area contributed by atoms with Gasteiger partial charge in [0.25, 0.3) is 35.0 Å². The van der Waals surface area contributed by atoms with Gasteiger partial charge in [-0.1, -0.05) is 24.0 Å². The van der Waals surface area contributed by atoms with Gasteiger partial charge in [0, 0.05) is 35.8 Å². The fourth-order valence-corrected chi connectivity index (χ4v) is 5.65. The van der Waals surface area contributed by atoms with Crippen molar-refractivity contribution in [2.75, 3.05) is 28.4 Å². The van der Waals surface area contributed by atoms with Gasteiger partial charge in [0.2, 0.25) is 0 Å². The average Bonchev–Trinajstić information content (AvgIpc) is 3.50. The molecule has 0 saturated carbocycles. The van der Waals surface area contributed by atoms with Crippen molar-refractivity contribution >= 4 is 41.2 Å². The van der Waals surface area contributed by atoms with Crippen LogP contribution in [0.4, 0.5) is 16.2 Å². The number of carbonyl (C=O) groups is 5. The van der Waals surface area contributed by atoms with Crippen LogP contribution >= 0.6 is 0 Å². The van der Waals surface area contributed by atoms with E-state index in [1.54, 1.807) is 0 Å². The standard InChI is InChI=1S/C29H30N4O15/c1-13(15-7-21(43-3)23(45-5)11-19(15)32(39)40)17-9-25(34)30(27(17)36)47-29(38)48-31-26(35)10-18(28(31)37)14(2)16-8-22(44-4)24(46-6)12-20(16)33(41)42/h7-8,11-14,17-18H,9-10H2,1-6H3. The zero-order valence-electron chi connectivity index (χ0n) is 26.4. The van der Waals surface area contributed by atoms with E-state index in [9.17, 15) is 44.2 Å². The molecule has 2 aliphatic rings. The lowest BCUT2D eigenvalue weighted by Gasteiger charge is -2.21. The van der Waals surface area contributed by atoms with Crippen LogP contribution in [-0.4, -0.2) is 78.2 Å². The first-order chi connectivity index (χ1) is 22.7. The molecule has 48 heavy (non-hydrogen) atoms. The molecule has 0 aliphatic carbocycles. The van der Waals surface area contributed by atoms with E-state index in [4.69, 9.17) is 28.6 Å². The Morgan fingerprint density at radius 2 is 0.979 bits per heavy atom. The third kappa shape index (κ3) is 6.33. The summed E-state index contributed by atoms with van der Waals surface area (Å²) in [5.41, 5.74) is -0.743. The van der Waals surface area contributed by atoms with Crippen LogP contribution in [0.5, 0.6) is 23.0 Å². The summed E-state index contributed by atoms with van der Waals surface area (Å²) in [6.45, 7) is 2.91. The second kappa shape index (κ2) is 13.8. The van der Waals surface area contributed by atoms with Gasteiger partial charge in [-0.3, -0.25) is 49.1 Å². The third-order valence-electron chi connectivity index (χ3n) is 8.26. The molecule has 19 nitrogen and oxygen atoms in total. The van der Waals surface area contributed by atoms with Crippen molar-refractivity contribution in [1.82, 2.24) is 10.1 Å². The molecular weight excluding hydrogens is 644 g/mol. The molecule has 19 heteroatoms. The van der Waals surface area contributed by atoms with Gasteiger partial charge >= 0.3 is 6.16 Å². The Morgan fingerprint density at radius 3 is 1.27 bits per heavy atom. The minimum absolute atomic E-state index is 0.0383. The van der Waals surface area contributed by atoms with Crippen LogP contribution in [0.15, 0.2) is 24.3 Å². The molecular formula is C29H30N4O15. The van der Waals surface area contributed by atoms with Crippen molar-refractivity contribution < 1.29 is 62.4 Å². The molecule has 2 aromatic rings. The predicted octanol–water partition coefficient (Wildman–Crippen LogP) is 3.18. The summed E-state index contributed by atoms with van der Waals surface area (Å²) in [6, 6.07) is 4.82. The summed E-state index contributed by atoms with van der Waals surface area (Å²) in [5, 5.41) is 23.8. The van der Waals surface area contributed by atoms with Gasteiger partial charge < -0.3 is 18.9 Å². The van der Waals surface area contributed by atoms with E-state index in [-0.39, 0.29) is 44.3 Å². The maximum atomic E-state index is 13.2. The maximum Gasteiger partial charge on any atom is 0.560 e. The lowest BCUT2D eigenvalue weighted by molar-refractivity contribution is -0.386. The molecule has 0 bridgehead atoms. The van der Waals surface area contributed by atoms with Gasteiger partial charge in [0.1, 0.15) is 0 Å². The minimum atomic E-state index is -1.78. The number of ether oxygens (including phenoxy) is 4. The van der Waals surface area contributed by atoms with Crippen LogP contribution in [0.1, 0.15) is 49.7 Å². The number of benzene rings is 2. The molecule has 256 valence electrons. The number of nitrogens with zero attached hydrogens (tertiary/aromatic N) is 4. The number of hydrogen-bond donors (Lipinski definition) is 0. The number of hydrogen-bond acceptors (Lipinski definition) is 15. The van der Waals surface area contributed by atoms with Gasteiger partial charge in [-0.05, 0) is 12.1 Å². The number of imide groups is 2. The first-order valence-electron chi connectivity index (χ1n) is 14.1. The minimum Gasteiger partial charge on any atom is -0.493 e. The monoisotopic (exact) mass is 674 g/mol. The van der Waals surface area contributed by atoms with E-state index in [1.807, 2.05) is 0 Å². The molecule has 0 radical (unpaired) electrons. The van der Waals surface area contributed by atoms with Gasteiger partial charge in [0.15, 0.2) is 23.0 Å². The van der Waals surface area contributed by atoms with Gasteiger partial charge in [-0.25, -0.2) is 0 Å². The van der Waals surface area contributed by atoms with Crippen molar-refractivity contribution in [2.45, 2.75) is 38.5 Å². The number of methoxy groups -OCH3 is 4. The Morgan fingerprint density at radius 1 is 0.667 bits per heavy atom. The van der Waals surface area contributed by atoms with E-state index in [1.165, 1.54) is 54.4 Å². The molecule has 4 unspecified atom stereocenters. The van der Waals surface area contributed by atoms with E-state index in [2.05, 4.69) is 0 Å². The molecule has 2 aromatic carbocycles. The fraction of sp³-hybridized carbons (Fsp3) is 0.414. The average molecular weight is 675 g/mol. The zero-order chi connectivity index (χ0) is 35.6. The largest absolute Gasteiger partial charge is 0.560 e. The SMILES string of the molecule is COc1cc(C(C)C2CC(=O)N(OC(=O)ON3C(=O)CC(C(C)c4cc(OC)c(OC)cc4[N+](=O)[O-])C3=O)C2=O)c([N+](=O)[O-])cc1OC. The molecule has 4 atom stereocenters. The van der Waals surface area contributed by atoms with E-state index < -0.39 is 87.5 Å². The lowest BCUT2D eigenvalue weighted by Crippen LogP contribution is -2.39. The van der Waals surface area contributed by atoms with Crippen LogP contribution < -0.4 is 18.9 Å². The van der Waals surface area contributed by atoms with Crippen LogP contribution in [0.25, 0.3) is 0 Å². The van der Waals surface area contributed by atoms with Crippen molar-refractivity contribution in [2.24, 2.45) is 11.8 Å². The number of nitro benzene ring substituents is 2. The Kier molecular flexibility index (Phi) is 10.0. The van der Waals surface area contributed by atoms with Crippen LogP contribution in [0.3, 0.4) is 0 Å². The van der Waals surface area contributed by atoms with Crippen molar-refractivity contribution in [3.8, 4) is 23.0 Å². The highest BCUT2D eigenvalue weighted by atomic mass is 16.9. The van der Waals surface area contributed by atoms with Gasteiger partial charge in [-0.2, -0.15) is 4.79 Å². The fourth-order valence-electron chi connectivity index (χ4n) is 5.65. The molecule has 2 heterocycles. The van der Waals surface area contributed by atoms with Crippen molar-refractivity contribution in [3.63, 3.8) is 0 Å². The number of rotatable bonds is 12. The molecule has 0 aromatic heterocycles. The maximum absolute atomic E-state index is 13.2. The van der Waals surface area contributed by atoms with E-state index >= 15 is 0 Å². The summed E-state index contributed by atoms with van der Waals surface area (Å²) >= 11 is 0. The summed E-state index contributed by atoms with van der Waals surface area (Å²) in [7, 11) is 5.18. The molecule has 2 saturated heterocycles.